The SMILES string of the molecule is CCn1cc(C(=O)NC2=NC(F)CC=C2)ccc1=O. The summed E-state index contributed by atoms with van der Waals surface area (Å²) in [6.45, 7) is 2.29. The number of amidine groups is 1. The fourth-order valence-electron chi connectivity index (χ4n) is 1.71. The summed E-state index contributed by atoms with van der Waals surface area (Å²) in [7, 11) is 0. The van der Waals surface area contributed by atoms with Gasteiger partial charge in [-0.2, -0.15) is 0 Å². The minimum atomic E-state index is -1.31. The molecule has 1 atom stereocenters. The van der Waals surface area contributed by atoms with Crippen molar-refractivity contribution in [3.05, 3.63) is 46.4 Å². The van der Waals surface area contributed by atoms with Crippen molar-refractivity contribution in [1.29, 1.82) is 0 Å². The number of rotatable bonds is 2. The number of carbonyl (C=O) groups excluding carboxylic acids is 1. The number of halogens is 1. The summed E-state index contributed by atoms with van der Waals surface area (Å²) in [6, 6.07) is 2.76. The lowest BCUT2D eigenvalue weighted by Gasteiger charge is -2.11. The standard InChI is InChI=1S/C13H14FN3O2/c1-2-17-8-9(6-7-12(17)18)13(19)16-11-5-3-4-10(14)15-11/h3,5-8,10H,2,4H2,1H3,(H,15,16,19). The third-order valence-corrected chi connectivity index (χ3v) is 2.71. The third kappa shape index (κ3) is 3.15. The van der Waals surface area contributed by atoms with E-state index in [-0.39, 0.29) is 17.8 Å². The van der Waals surface area contributed by atoms with E-state index in [0.29, 0.717) is 12.1 Å². The molecule has 0 spiro atoms. The van der Waals surface area contributed by atoms with Crippen LogP contribution in [0, 0.1) is 0 Å². The Kier molecular flexibility index (Phi) is 3.89. The number of aryl methyl sites for hydroxylation is 1. The summed E-state index contributed by atoms with van der Waals surface area (Å²) in [5.74, 6) is -0.224. The molecule has 1 aromatic heterocycles. The Labute approximate surface area is 109 Å². The molecule has 2 heterocycles. The van der Waals surface area contributed by atoms with Gasteiger partial charge in [-0.05, 0) is 19.1 Å². The number of nitrogens with zero attached hydrogens (tertiary/aromatic N) is 2. The van der Waals surface area contributed by atoms with E-state index in [9.17, 15) is 14.0 Å². The van der Waals surface area contributed by atoms with Gasteiger partial charge >= 0.3 is 0 Å². The molecular formula is C13H14FN3O2. The van der Waals surface area contributed by atoms with Gasteiger partial charge in [0.15, 0.2) is 6.30 Å². The summed E-state index contributed by atoms with van der Waals surface area (Å²) >= 11 is 0. The number of nitrogens with one attached hydrogen (secondary N) is 1. The number of pyridine rings is 1. The normalized spacial score (nSPS) is 18.0. The van der Waals surface area contributed by atoms with Crippen LogP contribution in [0.1, 0.15) is 23.7 Å². The van der Waals surface area contributed by atoms with Gasteiger partial charge in [-0.25, -0.2) is 9.38 Å². The predicted molar refractivity (Wildman–Crippen MR) is 69.9 cm³/mol. The summed E-state index contributed by atoms with van der Waals surface area (Å²) < 4.78 is 14.4. The zero-order valence-electron chi connectivity index (χ0n) is 10.5. The van der Waals surface area contributed by atoms with Crippen LogP contribution in [0.15, 0.2) is 40.3 Å². The molecule has 0 aliphatic carbocycles. The van der Waals surface area contributed by atoms with Crippen LogP contribution >= 0.6 is 0 Å². The fraction of sp³-hybridized carbons (Fsp3) is 0.308. The van der Waals surface area contributed by atoms with Gasteiger partial charge in [-0.1, -0.05) is 6.08 Å². The van der Waals surface area contributed by atoms with Crippen molar-refractivity contribution in [3.8, 4) is 0 Å². The average molecular weight is 263 g/mol. The van der Waals surface area contributed by atoms with E-state index in [2.05, 4.69) is 10.3 Å². The Bertz CT molecular complexity index is 604. The Morgan fingerprint density at radius 3 is 3.05 bits per heavy atom. The van der Waals surface area contributed by atoms with Gasteiger partial charge in [0.25, 0.3) is 11.5 Å². The molecule has 1 aliphatic heterocycles. The Hall–Kier alpha value is -2.24. The highest BCUT2D eigenvalue weighted by molar-refractivity contribution is 6.10. The highest BCUT2D eigenvalue weighted by Gasteiger charge is 2.13. The van der Waals surface area contributed by atoms with E-state index < -0.39 is 12.2 Å². The Morgan fingerprint density at radius 2 is 2.37 bits per heavy atom. The zero-order valence-corrected chi connectivity index (χ0v) is 10.5. The van der Waals surface area contributed by atoms with Crippen molar-refractivity contribution in [2.24, 2.45) is 4.99 Å². The van der Waals surface area contributed by atoms with Gasteiger partial charge in [0.2, 0.25) is 0 Å². The van der Waals surface area contributed by atoms with E-state index >= 15 is 0 Å². The Morgan fingerprint density at radius 1 is 1.58 bits per heavy atom. The topological polar surface area (TPSA) is 63.5 Å². The number of alkyl halides is 1. The quantitative estimate of drug-likeness (QED) is 0.816. The second kappa shape index (κ2) is 5.60. The number of hydrogen-bond donors (Lipinski definition) is 1. The van der Waals surface area contributed by atoms with Gasteiger partial charge < -0.3 is 9.88 Å². The van der Waals surface area contributed by atoms with Crippen molar-refractivity contribution in [3.63, 3.8) is 0 Å². The van der Waals surface area contributed by atoms with E-state index in [1.54, 1.807) is 12.2 Å². The van der Waals surface area contributed by atoms with Gasteiger partial charge in [-0.15, -0.1) is 0 Å². The van der Waals surface area contributed by atoms with Gasteiger partial charge in [-0.3, -0.25) is 9.59 Å². The van der Waals surface area contributed by atoms with Crippen molar-refractivity contribution >= 4 is 11.7 Å². The number of amides is 1. The summed E-state index contributed by atoms with van der Waals surface area (Å²) in [5, 5.41) is 2.51. The lowest BCUT2D eigenvalue weighted by Crippen LogP contribution is -2.32. The first-order valence-electron chi connectivity index (χ1n) is 6.00. The van der Waals surface area contributed by atoms with Gasteiger partial charge in [0.1, 0.15) is 5.84 Å². The maximum absolute atomic E-state index is 13.0. The zero-order chi connectivity index (χ0) is 13.8. The molecule has 1 N–H and O–H groups in total. The molecule has 1 unspecified atom stereocenters. The lowest BCUT2D eigenvalue weighted by molar-refractivity contribution is 0.0976. The maximum atomic E-state index is 13.0. The van der Waals surface area contributed by atoms with E-state index in [0.717, 1.165) is 0 Å². The van der Waals surface area contributed by atoms with Crippen LogP contribution in [0.2, 0.25) is 0 Å². The monoisotopic (exact) mass is 263 g/mol. The summed E-state index contributed by atoms with van der Waals surface area (Å²) in [4.78, 5) is 27.0. The number of dihydropyridines is 1. The van der Waals surface area contributed by atoms with Crippen LogP contribution in [-0.2, 0) is 6.54 Å². The molecule has 0 radical (unpaired) electrons. The Balaban J connectivity index is 2.16. The second-order valence-corrected chi connectivity index (χ2v) is 4.08. The number of hydrogen-bond acceptors (Lipinski definition) is 3. The molecule has 2 rings (SSSR count). The summed E-state index contributed by atoms with van der Waals surface area (Å²) in [6.07, 6.45) is 3.55. The number of aliphatic imine (C=N–C) groups is 1. The first-order valence-corrected chi connectivity index (χ1v) is 6.00. The van der Waals surface area contributed by atoms with Crippen LogP contribution in [0.25, 0.3) is 0 Å². The smallest absolute Gasteiger partial charge is 0.258 e. The van der Waals surface area contributed by atoms with E-state index in [1.807, 2.05) is 6.92 Å². The molecule has 1 aromatic rings. The highest BCUT2D eigenvalue weighted by atomic mass is 19.1. The molecule has 5 nitrogen and oxygen atoms in total. The second-order valence-electron chi connectivity index (χ2n) is 4.08. The molecule has 0 bridgehead atoms. The minimum absolute atomic E-state index is 0.169. The fourth-order valence-corrected chi connectivity index (χ4v) is 1.71. The number of aromatic nitrogens is 1. The first-order chi connectivity index (χ1) is 9.10. The molecule has 1 amide bonds. The average Bonchev–Trinajstić information content (AvgIpc) is 2.39. The van der Waals surface area contributed by atoms with Crippen molar-refractivity contribution in [2.45, 2.75) is 26.2 Å². The summed E-state index contributed by atoms with van der Waals surface area (Å²) in [5.41, 5.74) is 0.163. The van der Waals surface area contributed by atoms with Crippen molar-refractivity contribution in [1.82, 2.24) is 9.88 Å². The predicted octanol–water partition coefficient (Wildman–Crippen LogP) is 1.25. The largest absolute Gasteiger partial charge is 0.315 e. The molecule has 0 saturated carbocycles. The molecular weight excluding hydrogens is 249 g/mol. The van der Waals surface area contributed by atoms with Gasteiger partial charge in [0, 0.05) is 25.2 Å². The van der Waals surface area contributed by atoms with Crippen LogP contribution < -0.4 is 10.9 Å². The molecule has 19 heavy (non-hydrogen) atoms. The van der Waals surface area contributed by atoms with E-state index in [1.165, 1.54) is 22.9 Å². The maximum Gasteiger partial charge on any atom is 0.258 e. The van der Waals surface area contributed by atoms with Crippen molar-refractivity contribution < 1.29 is 9.18 Å². The van der Waals surface area contributed by atoms with Crippen LogP contribution in [0.4, 0.5) is 4.39 Å². The molecule has 0 fully saturated rings. The minimum Gasteiger partial charge on any atom is -0.315 e. The van der Waals surface area contributed by atoms with Gasteiger partial charge in [0.05, 0.1) is 5.56 Å². The highest BCUT2D eigenvalue weighted by Crippen LogP contribution is 2.07. The molecule has 0 saturated heterocycles. The molecule has 0 aromatic carbocycles. The van der Waals surface area contributed by atoms with E-state index in [4.69, 9.17) is 0 Å². The molecule has 6 heteroatoms. The van der Waals surface area contributed by atoms with Crippen molar-refractivity contribution in [2.75, 3.05) is 0 Å². The third-order valence-electron chi connectivity index (χ3n) is 2.71. The van der Waals surface area contributed by atoms with Crippen LogP contribution in [-0.4, -0.2) is 22.6 Å². The number of carbonyl (C=O) groups is 1. The molecule has 100 valence electrons. The first kappa shape index (κ1) is 13.2. The van der Waals surface area contributed by atoms with Crippen LogP contribution in [0.5, 0.6) is 0 Å². The van der Waals surface area contributed by atoms with Crippen LogP contribution in [0.3, 0.4) is 0 Å². The molecule has 1 aliphatic rings. The lowest BCUT2D eigenvalue weighted by atomic mass is 10.2.